The molecule has 0 aliphatic carbocycles. The Hall–Kier alpha value is -2.64. The summed E-state index contributed by atoms with van der Waals surface area (Å²) in [7, 11) is 0. The van der Waals surface area contributed by atoms with Crippen LogP contribution in [0.1, 0.15) is 52.2 Å². The quantitative estimate of drug-likeness (QED) is 0.658. The van der Waals surface area contributed by atoms with Crippen LogP contribution < -0.4 is 5.32 Å². The number of hydrogen-bond acceptors (Lipinski definition) is 6. The lowest BCUT2D eigenvalue weighted by Gasteiger charge is -2.23. The minimum atomic E-state index is -0.211. The fourth-order valence-electron chi connectivity index (χ4n) is 3.82. The molecule has 3 aromatic rings. The first-order valence-corrected chi connectivity index (χ1v) is 10.8. The van der Waals surface area contributed by atoms with Gasteiger partial charge in [-0.05, 0) is 48.1 Å². The molecule has 0 bridgehead atoms. The van der Waals surface area contributed by atoms with Crippen LogP contribution in [0.3, 0.4) is 0 Å². The molecule has 0 radical (unpaired) electrons. The number of carbonyl (C=O) groups is 1. The van der Waals surface area contributed by atoms with Gasteiger partial charge in [-0.15, -0.1) is 10.2 Å². The standard InChI is InChI=1S/C22H25N5OS/c1-3-16-6-8-18(9-7-16)24-21(28)22-26-25-20(29-22)14-27-13-15(2)11-19(27)17-5-4-10-23-12-17/h4-10,12,15,19H,3,11,13-14H2,1-2H3,(H,24,28)/t15-,19-/m1/s1. The topological polar surface area (TPSA) is 71.0 Å². The molecule has 0 unspecified atom stereocenters. The van der Waals surface area contributed by atoms with Crippen LogP contribution in [0.25, 0.3) is 0 Å². The Balaban J connectivity index is 1.42. The van der Waals surface area contributed by atoms with Gasteiger partial charge in [0.05, 0.1) is 6.54 Å². The summed E-state index contributed by atoms with van der Waals surface area (Å²) in [6.07, 6.45) is 5.82. The van der Waals surface area contributed by atoms with E-state index in [2.05, 4.69) is 45.3 Å². The summed E-state index contributed by atoms with van der Waals surface area (Å²) in [6.45, 7) is 6.08. The predicted octanol–water partition coefficient (Wildman–Crippen LogP) is 4.33. The molecule has 1 fully saturated rings. The molecule has 4 rings (SSSR count). The average molecular weight is 408 g/mol. The van der Waals surface area contributed by atoms with Crippen LogP contribution in [0.4, 0.5) is 5.69 Å². The van der Waals surface area contributed by atoms with Gasteiger partial charge in [-0.3, -0.25) is 14.7 Å². The fraction of sp³-hybridized carbons (Fsp3) is 0.364. The third-order valence-electron chi connectivity index (χ3n) is 5.30. The monoisotopic (exact) mass is 407 g/mol. The van der Waals surface area contributed by atoms with E-state index in [1.807, 2.05) is 36.5 Å². The van der Waals surface area contributed by atoms with Gasteiger partial charge in [0.2, 0.25) is 5.01 Å². The molecule has 1 aromatic carbocycles. The minimum absolute atomic E-state index is 0.211. The Morgan fingerprint density at radius 2 is 2.07 bits per heavy atom. The zero-order chi connectivity index (χ0) is 20.2. The van der Waals surface area contributed by atoms with E-state index in [4.69, 9.17) is 0 Å². The maximum Gasteiger partial charge on any atom is 0.286 e. The molecule has 1 aliphatic rings. The molecular weight excluding hydrogens is 382 g/mol. The number of rotatable bonds is 6. The van der Waals surface area contributed by atoms with Gasteiger partial charge < -0.3 is 5.32 Å². The highest BCUT2D eigenvalue weighted by Gasteiger charge is 2.31. The number of aryl methyl sites for hydroxylation is 1. The molecule has 0 spiro atoms. The van der Waals surface area contributed by atoms with Gasteiger partial charge in [-0.1, -0.05) is 43.4 Å². The number of aromatic nitrogens is 3. The van der Waals surface area contributed by atoms with Gasteiger partial charge in [0.25, 0.3) is 5.91 Å². The van der Waals surface area contributed by atoms with Crippen molar-refractivity contribution in [2.45, 2.75) is 39.3 Å². The van der Waals surface area contributed by atoms with Gasteiger partial charge in [-0.25, -0.2) is 0 Å². The van der Waals surface area contributed by atoms with Crippen LogP contribution >= 0.6 is 11.3 Å². The summed E-state index contributed by atoms with van der Waals surface area (Å²) in [6, 6.07) is 12.3. The van der Waals surface area contributed by atoms with Crippen molar-refractivity contribution in [3.63, 3.8) is 0 Å². The van der Waals surface area contributed by atoms with E-state index < -0.39 is 0 Å². The zero-order valence-electron chi connectivity index (χ0n) is 16.7. The van der Waals surface area contributed by atoms with Gasteiger partial charge in [-0.2, -0.15) is 0 Å². The lowest BCUT2D eigenvalue weighted by atomic mass is 10.0. The van der Waals surface area contributed by atoms with Gasteiger partial charge in [0, 0.05) is 30.7 Å². The minimum Gasteiger partial charge on any atom is -0.320 e. The first-order chi connectivity index (χ1) is 14.1. The second-order valence-corrected chi connectivity index (χ2v) is 8.64. The number of anilines is 1. The summed E-state index contributed by atoms with van der Waals surface area (Å²) >= 11 is 1.36. The highest BCUT2D eigenvalue weighted by atomic mass is 32.1. The van der Waals surface area contributed by atoms with Crippen molar-refractivity contribution in [3.8, 4) is 0 Å². The lowest BCUT2D eigenvalue weighted by molar-refractivity contribution is 0.102. The van der Waals surface area contributed by atoms with E-state index in [0.717, 1.165) is 30.1 Å². The first kappa shape index (κ1) is 19.7. The molecule has 1 amide bonds. The van der Waals surface area contributed by atoms with Gasteiger partial charge in [0.1, 0.15) is 5.01 Å². The zero-order valence-corrected chi connectivity index (χ0v) is 17.5. The molecular formula is C22H25N5OS. The van der Waals surface area contributed by atoms with Crippen molar-refractivity contribution in [1.29, 1.82) is 0 Å². The van der Waals surface area contributed by atoms with Crippen molar-refractivity contribution in [3.05, 3.63) is 69.9 Å². The van der Waals surface area contributed by atoms with E-state index in [1.165, 1.54) is 22.5 Å². The Kier molecular flexibility index (Phi) is 5.97. The Morgan fingerprint density at radius 1 is 1.24 bits per heavy atom. The van der Waals surface area contributed by atoms with Crippen molar-refractivity contribution in [2.75, 3.05) is 11.9 Å². The molecule has 1 aliphatic heterocycles. The lowest BCUT2D eigenvalue weighted by Crippen LogP contribution is -2.23. The van der Waals surface area contributed by atoms with Crippen LogP contribution in [0, 0.1) is 5.92 Å². The predicted molar refractivity (Wildman–Crippen MR) is 115 cm³/mol. The molecule has 2 atom stereocenters. The van der Waals surface area contributed by atoms with Crippen LogP contribution in [0.2, 0.25) is 0 Å². The Morgan fingerprint density at radius 3 is 2.79 bits per heavy atom. The molecule has 150 valence electrons. The maximum atomic E-state index is 12.5. The first-order valence-electron chi connectivity index (χ1n) is 9.99. The van der Waals surface area contributed by atoms with Crippen molar-refractivity contribution < 1.29 is 4.79 Å². The van der Waals surface area contributed by atoms with Crippen LogP contribution in [0.5, 0.6) is 0 Å². The average Bonchev–Trinajstić information content (AvgIpc) is 3.36. The van der Waals surface area contributed by atoms with Gasteiger partial charge >= 0.3 is 0 Å². The molecule has 1 N–H and O–H groups in total. The summed E-state index contributed by atoms with van der Waals surface area (Å²) < 4.78 is 0. The molecule has 29 heavy (non-hydrogen) atoms. The number of pyridine rings is 1. The second-order valence-electron chi connectivity index (χ2n) is 7.58. The van der Waals surface area contributed by atoms with E-state index in [-0.39, 0.29) is 5.91 Å². The van der Waals surface area contributed by atoms with E-state index >= 15 is 0 Å². The number of benzene rings is 1. The fourth-order valence-corrected chi connectivity index (χ4v) is 4.58. The highest BCUT2D eigenvalue weighted by Crippen LogP contribution is 2.36. The molecule has 3 heterocycles. The van der Waals surface area contributed by atoms with Crippen LogP contribution in [0.15, 0.2) is 48.8 Å². The third-order valence-corrected chi connectivity index (χ3v) is 6.21. The number of carbonyl (C=O) groups excluding carboxylic acids is 1. The summed E-state index contributed by atoms with van der Waals surface area (Å²) in [4.78, 5) is 19.2. The number of likely N-dealkylation sites (tertiary alicyclic amines) is 1. The molecule has 6 nitrogen and oxygen atoms in total. The SMILES string of the molecule is CCc1ccc(NC(=O)c2nnc(CN3C[C@H](C)C[C@@H]3c3cccnc3)s2)cc1. The van der Waals surface area contributed by atoms with Crippen LogP contribution in [-0.4, -0.2) is 32.5 Å². The molecule has 0 saturated carbocycles. The number of nitrogens with one attached hydrogen (secondary N) is 1. The second kappa shape index (κ2) is 8.80. The largest absolute Gasteiger partial charge is 0.320 e. The van der Waals surface area contributed by atoms with Crippen molar-refractivity contribution in [2.24, 2.45) is 5.92 Å². The number of amides is 1. The maximum absolute atomic E-state index is 12.5. The summed E-state index contributed by atoms with van der Waals surface area (Å²) in [5.74, 6) is 0.401. The molecule has 1 saturated heterocycles. The Bertz CT molecular complexity index is 957. The molecule has 7 heteroatoms. The molecule has 2 aromatic heterocycles. The summed E-state index contributed by atoms with van der Waals surface area (Å²) in [5.41, 5.74) is 3.24. The van der Waals surface area contributed by atoms with E-state index in [1.54, 1.807) is 6.20 Å². The third kappa shape index (κ3) is 4.68. The summed E-state index contributed by atoms with van der Waals surface area (Å²) in [5, 5.41) is 12.6. The van der Waals surface area contributed by atoms with Crippen molar-refractivity contribution in [1.82, 2.24) is 20.1 Å². The normalized spacial score (nSPS) is 19.4. The number of nitrogens with zero attached hydrogens (tertiary/aromatic N) is 4. The van der Waals surface area contributed by atoms with Crippen molar-refractivity contribution >= 4 is 22.9 Å². The smallest absolute Gasteiger partial charge is 0.286 e. The number of hydrogen-bond donors (Lipinski definition) is 1. The van der Waals surface area contributed by atoms with E-state index in [9.17, 15) is 4.79 Å². The highest BCUT2D eigenvalue weighted by molar-refractivity contribution is 7.13. The van der Waals surface area contributed by atoms with Gasteiger partial charge in [0.15, 0.2) is 0 Å². The Labute approximate surface area is 175 Å². The van der Waals surface area contributed by atoms with E-state index in [0.29, 0.717) is 23.5 Å². The van der Waals surface area contributed by atoms with Crippen LogP contribution in [-0.2, 0) is 13.0 Å².